The highest BCUT2D eigenvalue weighted by Gasteiger charge is 2.22. The highest BCUT2D eigenvalue weighted by Crippen LogP contribution is 2.05. The van der Waals surface area contributed by atoms with Gasteiger partial charge in [-0.2, -0.15) is 9.82 Å². The highest BCUT2D eigenvalue weighted by molar-refractivity contribution is 7.89. The summed E-state index contributed by atoms with van der Waals surface area (Å²) in [5.74, 6) is -0.0394. The first-order chi connectivity index (χ1) is 8.33. The van der Waals surface area contributed by atoms with Crippen molar-refractivity contribution in [2.24, 2.45) is 5.92 Å². The molecule has 0 spiro atoms. The molecule has 0 radical (unpaired) electrons. The number of hydrogen-bond donors (Lipinski definition) is 3. The smallest absolute Gasteiger partial charge is 0.244 e. The van der Waals surface area contributed by atoms with Gasteiger partial charge >= 0.3 is 0 Å². The summed E-state index contributed by atoms with van der Waals surface area (Å²) in [4.78, 5) is 11.6. The van der Waals surface area contributed by atoms with Crippen LogP contribution >= 0.6 is 0 Å². The fourth-order valence-electron chi connectivity index (χ4n) is 1.20. The zero-order valence-electron chi connectivity index (χ0n) is 10.6. The van der Waals surface area contributed by atoms with Crippen LogP contribution in [0, 0.1) is 5.92 Å². The van der Waals surface area contributed by atoms with Gasteiger partial charge in [0.2, 0.25) is 15.9 Å². The molecule has 7 nitrogen and oxygen atoms in total. The zero-order chi connectivity index (χ0) is 13.8. The molecule has 0 bridgehead atoms. The molecule has 1 aromatic heterocycles. The molecule has 1 amide bonds. The molecule has 18 heavy (non-hydrogen) atoms. The van der Waals surface area contributed by atoms with E-state index in [-0.39, 0.29) is 10.8 Å². The average Bonchev–Trinajstić information content (AvgIpc) is 2.79. The summed E-state index contributed by atoms with van der Waals surface area (Å²) in [6.07, 6.45) is 2.43. The molecule has 1 aromatic rings. The Morgan fingerprint density at radius 3 is 2.61 bits per heavy atom. The van der Waals surface area contributed by atoms with Gasteiger partial charge in [0.25, 0.3) is 0 Å². The predicted octanol–water partition coefficient (Wildman–Crippen LogP) is -0.151. The highest BCUT2D eigenvalue weighted by atomic mass is 32.2. The van der Waals surface area contributed by atoms with Crippen LogP contribution in [0.2, 0.25) is 0 Å². The molecule has 3 N–H and O–H groups in total. The fourth-order valence-corrected chi connectivity index (χ4v) is 2.31. The Labute approximate surface area is 106 Å². The lowest BCUT2D eigenvalue weighted by molar-refractivity contribution is -0.122. The molecule has 8 heteroatoms. The Bertz CT molecular complexity index is 481. The molecule has 0 aliphatic rings. The number of nitrogens with one attached hydrogen (secondary N) is 3. The third-order valence-electron chi connectivity index (χ3n) is 2.19. The average molecular weight is 274 g/mol. The lowest BCUT2D eigenvalue weighted by atomic mass is 10.2. The Morgan fingerprint density at radius 2 is 2.11 bits per heavy atom. The van der Waals surface area contributed by atoms with E-state index in [1.165, 1.54) is 19.3 Å². The molecule has 0 saturated carbocycles. The molecule has 1 unspecified atom stereocenters. The van der Waals surface area contributed by atoms with Crippen LogP contribution in [0.1, 0.15) is 20.8 Å². The van der Waals surface area contributed by atoms with Gasteiger partial charge in [-0.15, -0.1) is 0 Å². The first-order valence-electron chi connectivity index (χ1n) is 5.61. The minimum Gasteiger partial charge on any atom is -0.354 e. The summed E-state index contributed by atoms with van der Waals surface area (Å²) in [7, 11) is -3.70. The number of carbonyl (C=O) groups is 1. The molecule has 1 rings (SSSR count). The van der Waals surface area contributed by atoms with E-state index in [2.05, 4.69) is 20.2 Å². The van der Waals surface area contributed by atoms with Gasteiger partial charge < -0.3 is 5.32 Å². The number of sulfonamides is 1. The van der Waals surface area contributed by atoms with E-state index in [0.717, 1.165) is 0 Å². The lowest BCUT2D eigenvalue weighted by Gasteiger charge is -2.14. The number of aromatic amines is 1. The maximum atomic E-state index is 11.8. The molecule has 0 aromatic carbocycles. The first-order valence-corrected chi connectivity index (χ1v) is 7.10. The van der Waals surface area contributed by atoms with Crippen LogP contribution in [0.5, 0.6) is 0 Å². The summed E-state index contributed by atoms with van der Waals surface area (Å²) in [6, 6.07) is -0.830. The summed E-state index contributed by atoms with van der Waals surface area (Å²) >= 11 is 0. The van der Waals surface area contributed by atoms with Crippen molar-refractivity contribution in [3.05, 3.63) is 12.4 Å². The third kappa shape index (κ3) is 4.11. The number of nitrogens with zero attached hydrogens (tertiary/aromatic N) is 1. The molecule has 102 valence electrons. The van der Waals surface area contributed by atoms with Crippen LogP contribution in [0.4, 0.5) is 0 Å². The Kier molecular flexibility index (Phi) is 4.85. The Balaban J connectivity index is 2.59. The Morgan fingerprint density at radius 1 is 1.44 bits per heavy atom. The van der Waals surface area contributed by atoms with Crippen LogP contribution < -0.4 is 10.0 Å². The van der Waals surface area contributed by atoms with Crippen LogP contribution in [0.25, 0.3) is 0 Å². The maximum Gasteiger partial charge on any atom is 0.244 e. The first kappa shape index (κ1) is 14.7. The second kappa shape index (κ2) is 5.96. The molecule has 0 aliphatic carbocycles. The summed E-state index contributed by atoms with van der Waals surface area (Å²) < 4.78 is 25.9. The number of hydrogen-bond acceptors (Lipinski definition) is 4. The van der Waals surface area contributed by atoms with Gasteiger partial charge in [-0.1, -0.05) is 13.8 Å². The number of aromatic nitrogens is 2. The number of carbonyl (C=O) groups excluding carboxylic acids is 1. The summed E-state index contributed by atoms with van der Waals surface area (Å²) in [5, 5.41) is 8.62. The number of rotatable bonds is 6. The normalized spacial score (nSPS) is 13.6. The quantitative estimate of drug-likeness (QED) is 0.671. The minimum atomic E-state index is -3.70. The van der Waals surface area contributed by atoms with Crippen molar-refractivity contribution in [3.8, 4) is 0 Å². The summed E-state index contributed by atoms with van der Waals surface area (Å²) in [5.41, 5.74) is 0. The van der Waals surface area contributed by atoms with Crippen LogP contribution in [-0.2, 0) is 14.8 Å². The largest absolute Gasteiger partial charge is 0.354 e. The predicted molar refractivity (Wildman–Crippen MR) is 66.2 cm³/mol. The van der Waals surface area contributed by atoms with E-state index in [1.807, 2.05) is 13.8 Å². The van der Waals surface area contributed by atoms with Gasteiger partial charge in [0, 0.05) is 12.7 Å². The molecule has 0 fully saturated rings. The monoisotopic (exact) mass is 274 g/mol. The maximum absolute atomic E-state index is 11.8. The van der Waals surface area contributed by atoms with Crippen molar-refractivity contribution >= 4 is 15.9 Å². The van der Waals surface area contributed by atoms with Crippen LogP contribution in [0.15, 0.2) is 17.3 Å². The molecule has 1 heterocycles. The van der Waals surface area contributed by atoms with E-state index in [1.54, 1.807) is 0 Å². The van der Waals surface area contributed by atoms with Crippen molar-refractivity contribution < 1.29 is 13.2 Å². The van der Waals surface area contributed by atoms with Crippen molar-refractivity contribution in [3.63, 3.8) is 0 Å². The third-order valence-corrected chi connectivity index (χ3v) is 3.70. The topological polar surface area (TPSA) is 104 Å². The van der Waals surface area contributed by atoms with Crippen molar-refractivity contribution in [1.82, 2.24) is 20.2 Å². The van der Waals surface area contributed by atoms with E-state index in [9.17, 15) is 13.2 Å². The van der Waals surface area contributed by atoms with Gasteiger partial charge in [-0.25, -0.2) is 8.42 Å². The lowest BCUT2D eigenvalue weighted by Crippen LogP contribution is -2.45. The standard InChI is InChI=1S/C10H18N4O3S/c1-7(2)4-11-10(15)8(3)14-18(16,17)9-5-12-13-6-9/h5-8,14H,4H2,1-3H3,(H,11,15)(H,12,13). The molecule has 0 aliphatic heterocycles. The van der Waals surface area contributed by atoms with Crippen LogP contribution in [0.3, 0.4) is 0 Å². The van der Waals surface area contributed by atoms with E-state index in [4.69, 9.17) is 0 Å². The molecule has 0 saturated heterocycles. The zero-order valence-corrected chi connectivity index (χ0v) is 11.4. The van der Waals surface area contributed by atoms with E-state index < -0.39 is 16.1 Å². The van der Waals surface area contributed by atoms with Gasteiger partial charge in [0.1, 0.15) is 4.90 Å². The number of H-pyrrole nitrogens is 1. The molecular formula is C10H18N4O3S. The fraction of sp³-hybridized carbons (Fsp3) is 0.600. The van der Waals surface area contributed by atoms with E-state index >= 15 is 0 Å². The second-order valence-corrected chi connectivity index (χ2v) is 6.13. The molecule has 1 atom stereocenters. The van der Waals surface area contributed by atoms with Gasteiger partial charge in [-0.3, -0.25) is 9.89 Å². The van der Waals surface area contributed by atoms with Crippen molar-refractivity contribution in [2.45, 2.75) is 31.7 Å². The van der Waals surface area contributed by atoms with Gasteiger partial charge in [-0.05, 0) is 12.8 Å². The SMILES string of the molecule is CC(C)CNC(=O)C(C)NS(=O)(=O)c1cn[nH]c1. The van der Waals surface area contributed by atoms with Crippen molar-refractivity contribution in [2.75, 3.05) is 6.54 Å². The van der Waals surface area contributed by atoms with Crippen molar-refractivity contribution in [1.29, 1.82) is 0 Å². The minimum absolute atomic E-state index is 0.00556. The Hall–Kier alpha value is -1.41. The van der Waals surface area contributed by atoms with E-state index in [0.29, 0.717) is 12.5 Å². The number of amides is 1. The second-order valence-electron chi connectivity index (χ2n) is 4.42. The van der Waals surface area contributed by atoms with Gasteiger partial charge in [0.05, 0.1) is 12.2 Å². The van der Waals surface area contributed by atoms with Gasteiger partial charge in [0.15, 0.2) is 0 Å². The summed E-state index contributed by atoms with van der Waals surface area (Å²) in [6.45, 7) is 5.92. The molecular weight excluding hydrogens is 256 g/mol. The van der Waals surface area contributed by atoms with Crippen LogP contribution in [-0.4, -0.2) is 37.1 Å².